The Labute approximate surface area is 78.1 Å². The van der Waals surface area contributed by atoms with E-state index < -0.39 is 0 Å². The standard InChI is InChI=1S/C12H24/c1-4-6-8-10-12(3)11-9-7-5-2/h10H,4-9,11H2,1-3H3. The summed E-state index contributed by atoms with van der Waals surface area (Å²) < 4.78 is 0. The van der Waals surface area contributed by atoms with Gasteiger partial charge in [0.15, 0.2) is 0 Å². The normalized spacial score (nSPS) is 12.1. The van der Waals surface area contributed by atoms with E-state index in [1.54, 1.807) is 5.57 Å². The fourth-order valence-electron chi connectivity index (χ4n) is 1.31. The van der Waals surface area contributed by atoms with E-state index in [2.05, 4.69) is 26.8 Å². The molecule has 0 bridgehead atoms. The fraction of sp³-hybridized carbons (Fsp3) is 0.833. The lowest BCUT2D eigenvalue weighted by Crippen LogP contribution is -1.79. The number of hydrogen-bond acceptors (Lipinski definition) is 0. The molecule has 12 heavy (non-hydrogen) atoms. The topological polar surface area (TPSA) is 0 Å². The molecule has 0 radical (unpaired) electrons. The van der Waals surface area contributed by atoms with Crippen molar-refractivity contribution in [1.82, 2.24) is 0 Å². The van der Waals surface area contributed by atoms with Crippen LogP contribution in [0.2, 0.25) is 0 Å². The average molecular weight is 168 g/mol. The lowest BCUT2D eigenvalue weighted by molar-refractivity contribution is 0.708. The summed E-state index contributed by atoms with van der Waals surface area (Å²) in [5.41, 5.74) is 1.59. The van der Waals surface area contributed by atoms with Gasteiger partial charge in [-0.3, -0.25) is 0 Å². The van der Waals surface area contributed by atoms with Crippen LogP contribution in [0.5, 0.6) is 0 Å². The van der Waals surface area contributed by atoms with Gasteiger partial charge in [0.1, 0.15) is 0 Å². The highest BCUT2D eigenvalue weighted by Crippen LogP contribution is 2.09. The van der Waals surface area contributed by atoms with Crippen molar-refractivity contribution in [2.75, 3.05) is 0 Å². The van der Waals surface area contributed by atoms with E-state index >= 15 is 0 Å². The first-order chi connectivity index (χ1) is 5.81. The molecule has 0 N–H and O–H groups in total. The SMILES string of the molecule is CCCCC=C(C)CCCCC. The first-order valence-corrected chi connectivity index (χ1v) is 5.46. The Morgan fingerprint density at radius 2 is 1.67 bits per heavy atom. The first-order valence-electron chi connectivity index (χ1n) is 5.46. The molecule has 0 aromatic rings. The van der Waals surface area contributed by atoms with Crippen LogP contribution in [0, 0.1) is 0 Å². The molecule has 0 saturated carbocycles. The van der Waals surface area contributed by atoms with Gasteiger partial charge in [-0.05, 0) is 26.2 Å². The van der Waals surface area contributed by atoms with E-state index in [4.69, 9.17) is 0 Å². The maximum absolute atomic E-state index is 2.42. The predicted molar refractivity (Wildman–Crippen MR) is 57.4 cm³/mol. The molecule has 0 aliphatic heterocycles. The quantitative estimate of drug-likeness (QED) is 0.382. The Hall–Kier alpha value is -0.260. The molecular weight excluding hydrogens is 144 g/mol. The highest BCUT2D eigenvalue weighted by Gasteiger charge is 1.89. The number of rotatable bonds is 7. The van der Waals surface area contributed by atoms with Crippen molar-refractivity contribution < 1.29 is 0 Å². The summed E-state index contributed by atoms with van der Waals surface area (Å²) in [6.45, 7) is 6.78. The van der Waals surface area contributed by atoms with Crippen LogP contribution < -0.4 is 0 Å². The summed E-state index contributed by atoms with van der Waals surface area (Å²) in [5, 5.41) is 0. The molecule has 0 aromatic heterocycles. The van der Waals surface area contributed by atoms with Gasteiger partial charge in [-0.15, -0.1) is 0 Å². The second kappa shape index (κ2) is 8.83. The number of allylic oxidation sites excluding steroid dienone is 2. The molecule has 72 valence electrons. The maximum Gasteiger partial charge on any atom is -0.0323 e. The molecule has 0 fully saturated rings. The Bertz CT molecular complexity index is 111. The van der Waals surface area contributed by atoms with Crippen LogP contribution in [0.1, 0.15) is 65.7 Å². The largest absolute Gasteiger partial charge is 0.0856 e. The second-order valence-corrected chi connectivity index (χ2v) is 3.65. The van der Waals surface area contributed by atoms with Gasteiger partial charge in [-0.25, -0.2) is 0 Å². The Kier molecular flexibility index (Phi) is 8.64. The van der Waals surface area contributed by atoms with Gasteiger partial charge in [0.2, 0.25) is 0 Å². The van der Waals surface area contributed by atoms with Gasteiger partial charge in [0.25, 0.3) is 0 Å². The van der Waals surface area contributed by atoms with Gasteiger partial charge in [-0.1, -0.05) is 51.2 Å². The summed E-state index contributed by atoms with van der Waals surface area (Å²) in [7, 11) is 0. The molecule has 0 saturated heterocycles. The molecule has 0 amide bonds. The third-order valence-electron chi connectivity index (χ3n) is 2.23. The number of unbranched alkanes of at least 4 members (excludes halogenated alkanes) is 4. The van der Waals surface area contributed by atoms with Crippen molar-refractivity contribution in [3.8, 4) is 0 Å². The monoisotopic (exact) mass is 168 g/mol. The predicted octanol–water partition coefficient (Wildman–Crippen LogP) is 4.70. The minimum absolute atomic E-state index is 1.29. The van der Waals surface area contributed by atoms with E-state index in [1.807, 2.05) is 0 Å². The van der Waals surface area contributed by atoms with Gasteiger partial charge in [0.05, 0.1) is 0 Å². The smallest absolute Gasteiger partial charge is 0.0323 e. The summed E-state index contributed by atoms with van der Waals surface area (Å²) >= 11 is 0. The highest BCUT2D eigenvalue weighted by atomic mass is 14.0. The highest BCUT2D eigenvalue weighted by molar-refractivity contribution is 4.97. The third-order valence-corrected chi connectivity index (χ3v) is 2.23. The molecule has 0 aliphatic carbocycles. The van der Waals surface area contributed by atoms with E-state index in [1.165, 1.54) is 44.9 Å². The summed E-state index contributed by atoms with van der Waals surface area (Å²) in [6, 6.07) is 0. The molecule has 0 aliphatic rings. The number of hydrogen-bond donors (Lipinski definition) is 0. The van der Waals surface area contributed by atoms with Crippen LogP contribution in [0.3, 0.4) is 0 Å². The van der Waals surface area contributed by atoms with Gasteiger partial charge in [0, 0.05) is 0 Å². The Morgan fingerprint density at radius 1 is 1.00 bits per heavy atom. The van der Waals surface area contributed by atoms with Crippen molar-refractivity contribution in [3.63, 3.8) is 0 Å². The molecule has 0 heterocycles. The molecule has 0 nitrogen and oxygen atoms in total. The molecule has 0 heteroatoms. The fourth-order valence-corrected chi connectivity index (χ4v) is 1.31. The third kappa shape index (κ3) is 7.84. The van der Waals surface area contributed by atoms with E-state index in [9.17, 15) is 0 Å². The Balaban J connectivity index is 3.29. The minimum atomic E-state index is 1.29. The van der Waals surface area contributed by atoms with Gasteiger partial charge < -0.3 is 0 Å². The van der Waals surface area contributed by atoms with Crippen molar-refractivity contribution in [3.05, 3.63) is 11.6 Å². The lowest BCUT2D eigenvalue weighted by atomic mass is 10.1. The van der Waals surface area contributed by atoms with Crippen LogP contribution in [-0.4, -0.2) is 0 Å². The van der Waals surface area contributed by atoms with Crippen LogP contribution in [0.25, 0.3) is 0 Å². The van der Waals surface area contributed by atoms with E-state index in [0.29, 0.717) is 0 Å². The van der Waals surface area contributed by atoms with E-state index in [0.717, 1.165) is 0 Å². The minimum Gasteiger partial charge on any atom is -0.0856 e. The van der Waals surface area contributed by atoms with Crippen molar-refractivity contribution >= 4 is 0 Å². The molecular formula is C12H24. The molecule has 0 atom stereocenters. The van der Waals surface area contributed by atoms with Crippen LogP contribution in [0.15, 0.2) is 11.6 Å². The molecule has 0 spiro atoms. The molecule has 0 rings (SSSR count). The van der Waals surface area contributed by atoms with E-state index in [-0.39, 0.29) is 0 Å². The zero-order chi connectivity index (χ0) is 9.23. The van der Waals surface area contributed by atoms with Crippen LogP contribution in [-0.2, 0) is 0 Å². The average Bonchev–Trinajstić information content (AvgIpc) is 2.06. The zero-order valence-corrected chi connectivity index (χ0v) is 9.03. The van der Waals surface area contributed by atoms with Gasteiger partial charge >= 0.3 is 0 Å². The molecule has 0 aromatic carbocycles. The van der Waals surface area contributed by atoms with Crippen LogP contribution in [0.4, 0.5) is 0 Å². The Morgan fingerprint density at radius 3 is 2.25 bits per heavy atom. The van der Waals surface area contributed by atoms with Gasteiger partial charge in [-0.2, -0.15) is 0 Å². The van der Waals surface area contributed by atoms with Crippen LogP contribution >= 0.6 is 0 Å². The van der Waals surface area contributed by atoms with Crippen molar-refractivity contribution in [1.29, 1.82) is 0 Å². The summed E-state index contributed by atoms with van der Waals surface area (Å²) in [5.74, 6) is 0. The zero-order valence-electron chi connectivity index (χ0n) is 9.03. The molecule has 0 unspecified atom stereocenters. The summed E-state index contributed by atoms with van der Waals surface area (Å²) in [4.78, 5) is 0. The second-order valence-electron chi connectivity index (χ2n) is 3.65. The van der Waals surface area contributed by atoms with Crippen molar-refractivity contribution in [2.45, 2.75) is 65.7 Å². The lowest BCUT2D eigenvalue weighted by Gasteiger charge is -1.99. The maximum atomic E-state index is 2.42. The first kappa shape index (κ1) is 11.7. The van der Waals surface area contributed by atoms with Crippen molar-refractivity contribution in [2.24, 2.45) is 0 Å². The summed E-state index contributed by atoms with van der Waals surface area (Å²) in [6.07, 6.45) is 11.8.